The van der Waals surface area contributed by atoms with Crippen molar-refractivity contribution >= 4 is 38.3 Å². The third-order valence-electron chi connectivity index (χ3n) is 4.31. The minimum absolute atomic E-state index is 0.252. The van der Waals surface area contributed by atoms with Crippen LogP contribution in [0.25, 0.3) is 10.9 Å². The number of nitrogens with zero attached hydrogens (tertiary/aromatic N) is 1. The molecule has 0 aliphatic heterocycles. The first kappa shape index (κ1) is 19.7. The lowest BCUT2D eigenvalue weighted by atomic mass is 10.2. The van der Waals surface area contributed by atoms with Crippen molar-refractivity contribution in [3.05, 3.63) is 84.1 Å². The molecular formula is C21H19FN4O3S. The molecule has 4 aromatic rings. The van der Waals surface area contributed by atoms with Gasteiger partial charge >= 0.3 is 10.2 Å². The quantitative estimate of drug-likeness (QED) is 0.400. The van der Waals surface area contributed by atoms with Gasteiger partial charge in [-0.05, 0) is 67.6 Å². The summed E-state index contributed by atoms with van der Waals surface area (Å²) in [6, 6.07) is 17.5. The van der Waals surface area contributed by atoms with Crippen LogP contribution in [-0.4, -0.2) is 13.4 Å². The van der Waals surface area contributed by atoms with Crippen molar-refractivity contribution in [1.82, 2.24) is 4.98 Å². The number of pyridine rings is 1. The molecular weight excluding hydrogens is 407 g/mol. The van der Waals surface area contributed by atoms with Crippen LogP contribution in [0, 0.1) is 12.7 Å². The maximum atomic E-state index is 13.0. The molecule has 2 aromatic carbocycles. The maximum Gasteiger partial charge on any atom is 0.321 e. The number of fused-ring (bicyclic) bond motifs is 1. The molecule has 2 heterocycles. The number of halogens is 1. The normalized spacial score (nSPS) is 11.4. The first-order valence-electron chi connectivity index (χ1n) is 9.13. The minimum atomic E-state index is -3.92. The molecule has 3 N–H and O–H groups in total. The van der Waals surface area contributed by atoms with Gasteiger partial charge in [0.2, 0.25) is 0 Å². The van der Waals surface area contributed by atoms with Gasteiger partial charge in [0.15, 0.2) is 0 Å². The molecule has 0 amide bonds. The molecule has 0 bridgehead atoms. The van der Waals surface area contributed by atoms with Crippen LogP contribution in [0.15, 0.2) is 71.1 Å². The van der Waals surface area contributed by atoms with Crippen LogP contribution in [0.5, 0.6) is 0 Å². The summed E-state index contributed by atoms with van der Waals surface area (Å²) in [5.74, 6) is 1.82. The zero-order valence-corrected chi connectivity index (χ0v) is 16.8. The molecule has 30 heavy (non-hydrogen) atoms. The predicted octanol–water partition coefficient (Wildman–Crippen LogP) is 4.66. The maximum absolute atomic E-state index is 13.0. The van der Waals surface area contributed by atoms with E-state index in [2.05, 4.69) is 19.7 Å². The van der Waals surface area contributed by atoms with Gasteiger partial charge in [-0.25, -0.2) is 9.37 Å². The minimum Gasteiger partial charge on any atom is -0.465 e. The summed E-state index contributed by atoms with van der Waals surface area (Å²) in [5, 5.41) is 3.83. The van der Waals surface area contributed by atoms with E-state index in [1.54, 1.807) is 30.3 Å². The number of hydrogen-bond donors (Lipinski definition) is 3. The second-order valence-electron chi connectivity index (χ2n) is 6.65. The van der Waals surface area contributed by atoms with Gasteiger partial charge in [0.05, 0.1) is 23.4 Å². The van der Waals surface area contributed by atoms with Gasteiger partial charge in [0, 0.05) is 5.39 Å². The van der Waals surface area contributed by atoms with E-state index in [0.717, 1.165) is 11.5 Å². The number of furan rings is 1. The Kier molecular flexibility index (Phi) is 5.28. The number of hydrogen-bond acceptors (Lipinski definition) is 5. The Labute approximate surface area is 173 Å². The summed E-state index contributed by atoms with van der Waals surface area (Å²) in [7, 11) is -3.92. The number of aryl methyl sites for hydroxylation is 1. The highest BCUT2D eigenvalue weighted by atomic mass is 32.2. The van der Waals surface area contributed by atoms with Gasteiger partial charge in [0.25, 0.3) is 0 Å². The van der Waals surface area contributed by atoms with E-state index >= 15 is 0 Å². The number of anilines is 3. The zero-order valence-electron chi connectivity index (χ0n) is 16.0. The summed E-state index contributed by atoms with van der Waals surface area (Å²) in [6.45, 7) is 2.37. The Bertz CT molecular complexity index is 1290. The predicted molar refractivity (Wildman–Crippen MR) is 115 cm³/mol. The van der Waals surface area contributed by atoms with Crippen molar-refractivity contribution < 1.29 is 17.2 Å². The van der Waals surface area contributed by atoms with Crippen molar-refractivity contribution in [1.29, 1.82) is 0 Å². The second-order valence-corrected chi connectivity index (χ2v) is 8.06. The van der Waals surface area contributed by atoms with Crippen LogP contribution in [0.4, 0.5) is 21.6 Å². The van der Waals surface area contributed by atoms with E-state index in [1.165, 1.54) is 24.3 Å². The Hall–Kier alpha value is -3.59. The van der Waals surface area contributed by atoms with Crippen LogP contribution in [0.2, 0.25) is 0 Å². The Morgan fingerprint density at radius 1 is 0.967 bits per heavy atom. The molecule has 0 radical (unpaired) electrons. The molecule has 7 nitrogen and oxygen atoms in total. The summed E-state index contributed by atoms with van der Waals surface area (Å²) < 4.78 is 48.3. The molecule has 2 aromatic heterocycles. The lowest BCUT2D eigenvalue weighted by Crippen LogP contribution is -2.21. The molecule has 9 heteroatoms. The highest BCUT2D eigenvalue weighted by Crippen LogP contribution is 2.25. The van der Waals surface area contributed by atoms with Crippen LogP contribution < -0.4 is 14.8 Å². The van der Waals surface area contributed by atoms with Gasteiger partial charge in [-0.15, -0.1) is 0 Å². The fourth-order valence-electron chi connectivity index (χ4n) is 2.94. The van der Waals surface area contributed by atoms with E-state index in [1.807, 2.05) is 19.1 Å². The highest BCUT2D eigenvalue weighted by Gasteiger charge is 2.13. The van der Waals surface area contributed by atoms with Crippen LogP contribution in [-0.2, 0) is 16.8 Å². The fraction of sp³-hybridized carbons (Fsp3) is 0.0952. The number of benzene rings is 2. The highest BCUT2D eigenvalue weighted by molar-refractivity contribution is 7.94. The van der Waals surface area contributed by atoms with Crippen molar-refractivity contribution in [3.63, 3.8) is 0 Å². The second kappa shape index (κ2) is 8.03. The lowest BCUT2D eigenvalue weighted by Gasteiger charge is -2.13. The third-order valence-corrected chi connectivity index (χ3v) is 5.31. The monoisotopic (exact) mass is 426 g/mol. The number of rotatable bonds is 7. The van der Waals surface area contributed by atoms with Crippen molar-refractivity contribution in [2.24, 2.45) is 0 Å². The SMILES string of the molecule is Cc1ccc(CNc2ccc3c(NS(=O)(=O)Nc4ccc(F)cc4)cccc3n2)o1. The molecule has 0 unspecified atom stereocenters. The number of nitrogens with one attached hydrogen (secondary N) is 3. The smallest absolute Gasteiger partial charge is 0.321 e. The molecule has 0 aliphatic rings. The third kappa shape index (κ3) is 4.69. The summed E-state index contributed by atoms with van der Waals surface area (Å²) in [5.41, 5.74) is 1.25. The van der Waals surface area contributed by atoms with E-state index < -0.39 is 16.0 Å². The van der Waals surface area contributed by atoms with Crippen molar-refractivity contribution in [2.45, 2.75) is 13.5 Å². The Balaban J connectivity index is 1.52. The van der Waals surface area contributed by atoms with Crippen LogP contribution in [0.1, 0.15) is 11.5 Å². The van der Waals surface area contributed by atoms with Crippen LogP contribution >= 0.6 is 0 Å². The molecule has 0 saturated heterocycles. The first-order chi connectivity index (χ1) is 14.4. The van der Waals surface area contributed by atoms with E-state index in [0.29, 0.717) is 29.0 Å². The average Bonchev–Trinajstić information content (AvgIpc) is 3.13. The molecule has 0 atom stereocenters. The largest absolute Gasteiger partial charge is 0.465 e. The van der Waals surface area contributed by atoms with Gasteiger partial charge in [-0.3, -0.25) is 9.44 Å². The molecule has 4 rings (SSSR count). The van der Waals surface area contributed by atoms with E-state index in [9.17, 15) is 12.8 Å². The standard InChI is InChI=1S/C21H19FN4O3S/c1-14-5-10-17(29-14)13-23-21-12-11-18-19(24-21)3-2-4-20(18)26-30(27,28)25-16-8-6-15(22)7-9-16/h2-12,25-26H,13H2,1H3,(H,23,24). The van der Waals surface area contributed by atoms with Gasteiger partial charge in [-0.1, -0.05) is 6.07 Å². The van der Waals surface area contributed by atoms with Crippen molar-refractivity contribution in [3.8, 4) is 0 Å². The van der Waals surface area contributed by atoms with E-state index in [-0.39, 0.29) is 5.69 Å². The zero-order chi connectivity index (χ0) is 21.1. The average molecular weight is 426 g/mol. The topological polar surface area (TPSA) is 96.3 Å². The number of aromatic nitrogens is 1. The summed E-state index contributed by atoms with van der Waals surface area (Å²) in [6.07, 6.45) is 0. The molecule has 0 saturated carbocycles. The van der Waals surface area contributed by atoms with Gasteiger partial charge in [-0.2, -0.15) is 8.42 Å². The van der Waals surface area contributed by atoms with Crippen molar-refractivity contribution in [2.75, 3.05) is 14.8 Å². The molecule has 154 valence electrons. The Morgan fingerprint density at radius 3 is 2.50 bits per heavy atom. The lowest BCUT2D eigenvalue weighted by molar-refractivity contribution is 0.490. The molecule has 0 spiro atoms. The first-order valence-corrected chi connectivity index (χ1v) is 10.6. The summed E-state index contributed by atoms with van der Waals surface area (Å²) in [4.78, 5) is 4.53. The van der Waals surface area contributed by atoms with Crippen LogP contribution in [0.3, 0.4) is 0 Å². The molecule has 0 aliphatic carbocycles. The van der Waals surface area contributed by atoms with Gasteiger partial charge in [0.1, 0.15) is 23.2 Å². The molecule has 0 fully saturated rings. The Morgan fingerprint density at radius 2 is 1.77 bits per heavy atom. The fourth-order valence-corrected chi connectivity index (χ4v) is 3.91. The van der Waals surface area contributed by atoms with E-state index in [4.69, 9.17) is 4.42 Å². The summed E-state index contributed by atoms with van der Waals surface area (Å²) >= 11 is 0. The van der Waals surface area contributed by atoms with Gasteiger partial charge < -0.3 is 9.73 Å².